The van der Waals surface area contributed by atoms with Crippen LogP contribution in [0.5, 0.6) is 5.75 Å². The van der Waals surface area contributed by atoms with E-state index in [9.17, 15) is 9.59 Å². The maximum atomic E-state index is 13.0. The van der Waals surface area contributed by atoms with E-state index in [2.05, 4.69) is 31.9 Å². The molecule has 4 aromatic rings. The number of rotatable bonds is 4. The first-order valence-electron chi connectivity index (χ1n) is 10.9. The molecule has 8 nitrogen and oxygen atoms in total. The summed E-state index contributed by atoms with van der Waals surface area (Å²) in [6.07, 6.45) is 4.13. The van der Waals surface area contributed by atoms with Gasteiger partial charge in [-0.25, -0.2) is 4.79 Å². The molecule has 2 aliphatic rings. The van der Waals surface area contributed by atoms with Gasteiger partial charge in [-0.1, -0.05) is 12.1 Å². The highest BCUT2D eigenvalue weighted by Crippen LogP contribution is 2.34. The molecule has 1 atom stereocenters. The van der Waals surface area contributed by atoms with Crippen molar-refractivity contribution in [2.24, 2.45) is 0 Å². The predicted molar refractivity (Wildman–Crippen MR) is 126 cm³/mol. The van der Waals surface area contributed by atoms with Crippen LogP contribution in [0.25, 0.3) is 20.3 Å². The maximum absolute atomic E-state index is 13.0. The van der Waals surface area contributed by atoms with Gasteiger partial charge in [0, 0.05) is 48.7 Å². The molecule has 6 rings (SSSR count). The molecule has 9 heteroatoms. The second-order valence-corrected chi connectivity index (χ2v) is 9.40. The Kier molecular flexibility index (Phi) is 4.73. The number of hydrogen-bond acceptors (Lipinski definition) is 7. The van der Waals surface area contributed by atoms with Gasteiger partial charge in [0.25, 0.3) is 5.56 Å². The average molecular weight is 450 g/mol. The highest BCUT2D eigenvalue weighted by atomic mass is 32.1. The Morgan fingerprint density at radius 3 is 3.00 bits per heavy atom. The normalized spacial score (nSPS) is 18.5. The molecule has 0 saturated carbocycles. The molecule has 32 heavy (non-hydrogen) atoms. The van der Waals surface area contributed by atoms with E-state index >= 15 is 0 Å². The molecule has 1 N–H and O–H groups in total. The zero-order valence-corrected chi connectivity index (χ0v) is 18.3. The Morgan fingerprint density at radius 2 is 2.06 bits per heavy atom. The lowest BCUT2D eigenvalue weighted by Gasteiger charge is -2.45. The van der Waals surface area contributed by atoms with Crippen LogP contribution in [0.2, 0.25) is 0 Å². The van der Waals surface area contributed by atoms with Gasteiger partial charge in [-0.15, -0.1) is 11.3 Å². The fourth-order valence-electron chi connectivity index (χ4n) is 4.85. The van der Waals surface area contributed by atoms with Crippen LogP contribution in [0.3, 0.4) is 0 Å². The maximum Gasteiger partial charge on any atom is 0.328 e. The molecule has 1 fully saturated rings. The number of benzene rings is 1. The van der Waals surface area contributed by atoms with Gasteiger partial charge in [0.1, 0.15) is 17.1 Å². The van der Waals surface area contributed by atoms with Crippen molar-refractivity contribution in [3.63, 3.8) is 0 Å². The van der Waals surface area contributed by atoms with Crippen LogP contribution in [0.4, 0.5) is 5.69 Å². The highest BCUT2D eigenvalue weighted by Gasteiger charge is 2.32. The third-order valence-corrected chi connectivity index (χ3v) is 7.59. The number of aromatic amines is 1. The Hall–Kier alpha value is -3.17. The van der Waals surface area contributed by atoms with Crippen LogP contribution in [-0.2, 0) is 6.54 Å². The summed E-state index contributed by atoms with van der Waals surface area (Å²) in [7, 11) is 0. The van der Waals surface area contributed by atoms with Gasteiger partial charge < -0.3 is 14.6 Å². The quantitative estimate of drug-likeness (QED) is 0.515. The molecule has 2 aliphatic heterocycles. The summed E-state index contributed by atoms with van der Waals surface area (Å²) in [6.45, 7) is 4.75. The van der Waals surface area contributed by atoms with Crippen LogP contribution in [0, 0.1) is 0 Å². The van der Waals surface area contributed by atoms with Gasteiger partial charge in [0.15, 0.2) is 0 Å². The summed E-state index contributed by atoms with van der Waals surface area (Å²) in [5, 5.41) is 0.822. The fraction of sp³-hybridized carbons (Fsp3) is 0.348. The number of piperazine rings is 1. The zero-order valence-electron chi connectivity index (χ0n) is 17.5. The van der Waals surface area contributed by atoms with Crippen LogP contribution in [0.15, 0.2) is 52.3 Å². The topological polar surface area (TPSA) is 83.5 Å². The second-order valence-electron chi connectivity index (χ2n) is 8.35. The Balaban J connectivity index is 1.15. The third-order valence-electron chi connectivity index (χ3n) is 6.43. The number of H-pyrrole nitrogens is 1. The molecular formula is C23H23N5O3S. The standard InChI is InChI=1S/C23H23N5O3S/c29-22-21-20(16-12-24-7-6-19(16)32-21)25-23(30)28(22)9-3-8-26-10-11-27-15(13-26)14-31-18-5-2-1-4-17(18)27/h1-2,4-7,12,15H,3,8-11,13-14H2,(H,25,30). The van der Waals surface area contributed by atoms with Gasteiger partial charge in [0.05, 0.1) is 17.2 Å². The van der Waals surface area contributed by atoms with E-state index in [1.54, 1.807) is 12.4 Å². The molecule has 1 unspecified atom stereocenters. The fourth-order valence-corrected chi connectivity index (χ4v) is 5.92. The SMILES string of the molecule is O=c1[nH]c2c(sc3ccncc32)c(=O)n1CCCN1CCN2c3ccccc3OCC2C1. The van der Waals surface area contributed by atoms with E-state index in [1.807, 2.05) is 18.2 Å². The lowest BCUT2D eigenvalue weighted by Crippen LogP contribution is -2.57. The summed E-state index contributed by atoms with van der Waals surface area (Å²) in [5.41, 5.74) is 1.20. The van der Waals surface area contributed by atoms with Crippen LogP contribution in [0.1, 0.15) is 6.42 Å². The molecule has 1 saturated heterocycles. The first-order chi connectivity index (χ1) is 15.7. The Morgan fingerprint density at radius 1 is 1.16 bits per heavy atom. The first kappa shape index (κ1) is 19.5. The molecule has 3 aromatic heterocycles. The van der Waals surface area contributed by atoms with Gasteiger partial charge in [0.2, 0.25) is 0 Å². The summed E-state index contributed by atoms with van der Waals surface area (Å²) in [5.74, 6) is 0.961. The lowest BCUT2D eigenvalue weighted by molar-refractivity contribution is 0.164. The van der Waals surface area contributed by atoms with Gasteiger partial charge in [-0.2, -0.15) is 0 Å². The number of nitrogens with one attached hydrogen (secondary N) is 1. The number of pyridine rings is 1. The van der Waals surface area contributed by atoms with E-state index in [0.717, 1.165) is 48.4 Å². The van der Waals surface area contributed by atoms with E-state index < -0.39 is 0 Å². The van der Waals surface area contributed by atoms with Crippen molar-refractivity contribution in [2.45, 2.75) is 19.0 Å². The molecule has 0 amide bonds. The number of aromatic nitrogens is 3. The largest absolute Gasteiger partial charge is 0.489 e. The van der Waals surface area contributed by atoms with Crippen LogP contribution in [-0.4, -0.2) is 58.3 Å². The second kappa shape index (κ2) is 7.75. The minimum absolute atomic E-state index is 0.216. The number of fused-ring (bicyclic) bond motifs is 6. The minimum Gasteiger partial charge on any atom is -0.489 e. The van der Waals surface area contributed by atoms with Gasteiger partial charge >= 0.3 is 5.69 Å². The third kappa shape index (κ3) is 3.20. The molecule has 0 spiro atoms. The first-order valence-corrected chi connectivity index (χ1v) is 11.7. The Bertz CT molecular complexity index is 1420. The number of anilines is 1. The average Bonchev–Trinajstić information content (AvgIpc) is 3.20. The predicted octanol–water partition coefficient (Wildman–Crippen LogP) is 2.27. The summed E-state index contributed by atoms with van der Waals surface area (Å²) in [4.78, 5) is 37.5. The zero-order chi connectivity index (χ0) is 21.7. The van der Waals surface area contributed by atoms with Crippen molar-refractivity contribution < 1.29 is 4.74 Å². The molecule has 0 aliphatic carbocycles. The monoisotopic (exact) mass is 449 g/mol. The number of nitrogens with zero attached hydrogens (tertiary/aromatic N) is 4. The summed E-state index contributed by atoms with van der Waals surface area (Å²) < 4.78 is 8.82. The van der Waals surface area contributed by atoms with Gasteiger partial charge in [-0.3, -0.25) is 19.2 Å². The van der Waals surface area contributed by atoms with Crippen molar-refractivity contribution in [3.05, 3.63) is 63.6 Å². The van der Waals surface area contributed by atoms with Crippen LogP contribution < -0.4 is 20.9 Å². The van der Waals surface area contributed by atoms with E-state index in [1.165, 1.54) is 21.6 Å². The molecule has 1 aromatic carbocycles. The van der Waals surface area contributed by atoms with E-state index in [-0.39, 0.29) is 11.2 Å². The molecule has 0 bridgehead atoms. The van der Waals surface area contributed by atoms with Crippen molar-refractivity contribution in [1.29, 1.82) is 0 Å². The van der Waals surface area contributed by atoms with Crippen molar-refractivity contribution in [1.82, 2.24) is 19.4 Å². The summed E-state index contributed by atoms with van der Waals surface area (Å²) in [6, 6.07) is 10.4. The summed E-state index contributed by atoms with van der Waals surface area (Å²) >= 11 is 1.41. The van der Waals surface area contributed by atoms with Crippen molar-refractivity contribution in [3.8, 4) is 5.75 Å². The molecule has 164 valence electrons. The number of ether oxygens (including phenoxy) is 1. The number of para-hydroxylation sites is 2. The van der Waals surface area contributed by atoms with Crippen molar-refractivity contribution in [2.75, 3.05) is 37.7 Å². The molecule has 5 heterocycles. The van der Waals surface area contributed by atoms with Crippen molar-refractivity contribution >= 4 is 37.3 Å². The molecule has 0 radical (unpaired) electrons. The lowest BCUT2D eigenvalue weighted by atomic mass is 10.1. The van der Waals surface area contributed by atoms with Crippen LogP contribution >= 0.6 is 11.3 Å². The number of thiophene rings is 1. The Labute approximate surface area is 187 Å². The smallest absolute Gasteiger partial charge is 0.328 e. The molecular weight excluding hydrogens is 426 g/mol. The van der Waals surface area contributed by atoms with E-state index in [4.69, 9.17) is 4.74 Å². The minimum atomic E-state index is -0.354. The number of hydrogen-bond donors (Lipinski definition) is 1. The van der Waals surface area contributed by atoms with E-state index in [0.29, 0.717) is 29.4 Å². The highest BCUT2D eigenvalue weighted by molar-refractivity contribution is 7.25. The van der Waals surface area contributed by atoms with Gasteiger partial charge in [-0.05, 0) is 31.2 Å².